The molecule has 1 N–H and O–H groups in total. The molecule has 0 radical (unpaired) electrons. The van der Waals surface area contributed by atoms with E-state index in [1.165, 1.54) is 6.07 Å². The Labute approximate surface area is 94.2 Å². The number of aryl methyl sites for hydroxylation is 1. The zero-order chi connectivity index (χ0) is 11.5. The molecule has 0 saturated heterocycles. The first kappa shape index (κ1) is 10.8. The van der Waals surface area contributed by atoms with E-state index in [-0.39, 0.29) is 5.82 Å². The van der Waals surface area contributed by atoms with E-state index in [1.54, 1.807) is 19.1 Å². The molecule has 2 heteroatoms. The first-order valence-corrected chi connectivity index (χ1v) is 5.17. The molecule has 1 unspecified atom stereocenters. The van der Waals surface area contributed by atoms with Crippen LogP contribution in [-0.4, -0.2) is 5.11 Å². The second kappa shape index (κ2) is 4.45. The maximum atomic E-state index is 13.3. The summed E-state index contributed by atoms with van der Waals surface area (Å²) in [5, 5.41) is 10.0. The Morgan fingerprint density at radius 1 is 1.00 bits per heavy atom. The second-order valence-electron chi connectivity index (χ2n) is 3.82. The second-order valence-corrected chi connectivity index (χ2v) is 3.82. The quantitative estimate of drug-likeness (QED) is 0.817. The maximum absolute atomic E-state index is 13.3. The fourth-order valence-corrected chi connectivity index (χ4v) is 1.61. The molecule has 0 aliphatic rings. The molecule has 0 heterocycles. The van der Waals surface area contributed by atoms with Crippen molar-refractivity contribution in [3.63, 3.8) is 0 Å². The molecule has 0 spiro atoms. The van der Waals surface area contributed by atoms with E-state index < -0.39 is 6.10 Å². The molecule has 0 saturated carbocycles. The van der Waals surface area contributed by atoms with E-state index >= 15 is 0 Å². The van der Waals surface area contributed by atoms with Gasteiger partial charge in [0, 0.05) is 0 Å². The minimum absolute atomic E-state index is 0.285. The van der Waals surface area contributed by atoms with Crippen LogP contribution < -0.4 is 0 Å². The van der Waals surface area contributed by atoms with Crippen molar-refractivity contribution in [1.29, 1.82) is 0 Å². The number of aliphatic hydroxyl groups is 1. The molecule has 1 nitrogen and oxygen atoms in total. The van der Waals surface area contributed by atoms with Gasteiger partial charge in [-0.3, -0.25) is 0 Å². The summed E-state index contributed by atoms with van der Waals surface area (Å²) in [5.74, 6) is -0.285. The van der Waals surface area contributed by atoms with Crippen LogP contribution in [0.5, 0.6) is 0 Å². The number of halogens is 1. The topological polar surface area (TPSA) is 20.2 Å². The highest BCUT2D eigenvalue weighted by molar-refractivity contribution is 5.32. The average molecular weight is 216 g/mol. The molecule has 0 aliphatic carbocycles. The largest absolute Gasteiger partial charge is 0.384 e. The van der Waals surface area contributed by atoms with Crippen molar-refractivity contribution in [3.05, 3.63) is 71.0 Å². The SMILES string of the molecule is Cc1ccc(C(O)c2ccccc2)cc1F. The van der Waals surface area contributed by atoms with Crippen molar-refractivity contribution in [1.82, 2.24) is 0 Å². The lowest BCUT2D eigenvalue weighted by molar-refractivity contribution is 0.220. The predicted molar refractivity (Wildman–Crippen MR) is 61.6 cm³/mol. The Balaban J connectivity index is 2.34. The fraction of sp³-hybridized carbons (Fsp3) is 0.143. The predicted octanol–water partition coefficient (Wildman–Crippen LogP) is 3.22. The van der Waals surface area contributed by atoms with Gasteiger partial charge in [0.1, 0.15) is 11.9 Å². The van der Waals surface area contributed by atoms with E-state index in [1.807, 2.05) is 30.3 Å². The summed E-state index contributed by atoms with van der Waals surface area (Å²) in [6.45, 7) is 1.70. The Morgan fingerprint density at radius 3 is 2.31 bits per heavy atom. The van der Waals surface area contributed by atoms with Gasteiger partial charge in [0.25, 0.3) is 0 Å². The molecule has 0 bridgehead atoms. The Morgan fingerprint density at radius 2 is 1.69 bits per heavy atom. The smallest absolute Gasteiger partial charge is 0.126 e. The summed E-state index contributed by atoms with van der Waals surface area (Å²) in [6.07, 6.45) is -0.767. The van der Waals surface area contributed by atoms with Crippen LogP contribution in [0.3, 0.4) is 0 Å². The zero-order valence-corrected chi connectivity index (χ0v) is 9.02. The zero-order valence-electron chi connectivity index (χ0n) is 9.02. The molecular weight excluding hydrogens is 203 g/mol. The van der Waals surface area contributed by atoms with Crippen LogP contribution in [-0.2, 0) is 0 Å². The molecule has 2 aromatic rings. The standard InChI is InChI=1S/C14H13FO/c1-10-7-8-12(9-13(10)15)14(16)11-5-3-2-4-6-11/h2-9,14,16H,1H3. The highest BCUT2D eigenvalue weighted by Gasteiger charge is 2.11. The molecule has 2 rings (SSSR count). The van der Waals surface area contributed by atoms with Crippen molar-refractivity contribution in [2.45, 2.75) is 13.0 Å². The molecule has 0 aromatic heterocycles. The van der Waals surface area contributed by atoms with Crippen LogP contribution in [0.2, 0.25) is 0 Å². The average Bonchev–Trinajstić information content (AvgIpc) is 2.33. The van der Waals surface area contributed by atoms with Crippen LogP contribution in [0.4, 0.5) is 4.39 Å². The lowest BCUT2D eigenvalue weighted by Gasteiger charge is -2.11. The van der Waals surface area contributed by atoms with Gasteiger partial charge in [-0.25, -0.2) is 4.39 Å². The monoisotopic (exact) mass is 216 g/mol. The molecular formula is C14H13FO. The van der Waals surface area contributed by atoms with Gasteiger partial charge in [0.05, 0.1) is 0 Å². The third kappa shape index (κ3) is 2.12. The van der Waals surface area contributed by atoms with Gasteiger partial charge >= 0.3 is 0 Å². The van der Waals surface area contributed by atoms with E-state index in [2.05, 4.69) is 0 Å². The van der Waals surface area contributed by atoms with Crippen molar-refractivity contribution < 1.29 is 9.50 Å². The van der Waals surface area contributed by atoms with Gasteiger partial charge in [-0.1, -0.05) is 42.5 Å². The summed E-state index contributed by atoms with van der Waals surface area (Å²) < 4.78 is 13.3. The highest BCUT2D eigenvalue weighted by atomic mass is 19.1. The van der Waals surface area contributed by atoms with Gasteiger partial charge in [0.2, 0.25) is 0 Å². The summed E-state index contributed by atoms with van der Waals surface area (Å²) in [5.41, 5.74) is 1.93. The van der Waals surface area contributed by atoms with Gasteiger partial charge in [-0.05, 0) is 29.7 Å². The van der Waals surface area contributed by atoms with Crippen molar-refractivity contribution in [2.24, 2.45) is 0 Å². The van der Waals surface area contributed by atoms with Crippen LogP contribution in [0, 0.1) is 12.7 Å². The fourth-order valence-electron chi connectivity index (χ4n) is 1.61. The van der Waals surface area contributed by atoms with Crippen LogP contribution in [0.15, 0.2) is 48.5 Å². The highest BCUT2D eigenvalue weighted by Crippen LogP contribution is 2.23. The van der Waals surface area contributed by atoms with Gasteiger partial charge in [-0.15, -0.1) is 0 Å². The number of aliphatic hydroxyl groups excluding tert-OH is 1. The lowest BCUT2D eigenvalue weighted by Crippen LogP contribution is -2.00. The minimum Gasteiger partial charge on any atom is -0.384 e. The maximum Gasteiger partial charge on any atom is 0.126 e. The van der Waals surface area contributed by atoms with E-state index in [4.69, 9.17) is 0 Å². The molecule has 16 heavy (non-hydrogen) atoms. The molecule has 0 fully saturated rings. The van der Waals surface area contributed by atoms with E-state index in [9.17, 15) is 9.50 Å². The Hall–Kier alpha value is -1.67. The van der Waals surface area contributed by atoms with Crippen LogP contribution in [0.1, 0.15) is 22.8 Å². The van der Waals surface area contributed by atoms with Crippen LogP contribution in [0.25, 0.3) is 0 Å². The molecule has 1 atom stereocenters. The van der Waals surface area contributed by atoms with Gasteiger partial charge in [-0.2, -0.15) is 0 Å². The summed E-state index contributed by atoms with van der Waals surface area (Å²) >= 11 is 0. The third-order valence-corrected chi connectivity index (χ3v) is 2.63. The molecule has 82 valence electrons. The Bertz CT molecular complexity index is 479. The summed E-state index contributed by atoms with van der Waals surface area (Å²) in [4.78, 5) is 0. The normalized spacial score (nSPS) is 12.4. The number of rotatable bonds is 2. The first-order valence-electron chi connectivity index (χ1n) is 5.17. The molecule has 0 aliphatic heterocycles. The van der Waals surface area contributed by atoms with Crippen molar-refractivity contribution in [2.75, 3.05) is 0 Å². The minimum atomic E-state index is -0.767. The van der Waals surface area contributed by atoms with E-state index in [0.29, 0.717) is 11.1 Å². The van der Waals surface area contributed by atoms with E-state index in [0.717, 1.165) is 5.56 Å². The Kier molecular flexibility index (Phi) is 3.02. The summed E-state index contributed by atoms with van der Waals surface area (Å²) in [7, 11) is 0. The van der Waals surface area contributed by atoms with Crippen molar-refractivity contribution >= 4 is 0 Å². The van der Waals surface area contributed by atoms with Crippen LogP contribution >= 0.6 is 0 Å². The number of benzene rings is 2. The third-order valence-electron chi connectivity index (χ3n) is 2.63. The first-order chi connectivity index (χ1) is 7.68. The molecule has 2 aromatic carbocycles. The number of hydrogen-bond donors (Lipinski definition) is 1. The molecule has 0 amide bonds. The number of hydrogen-bond acceptors (Lipinski definition) is 1. The lowest BCUT2D eigenvalue weighted by atomic mass is 10.0. The van der Waals surface area contributed by atoms with Gasteiger partial charge in [0.15, 0.2) is 0 Å². The van der Waals surface area contributed by atoms with Crippen molar-refractivity contribution in [3.8, 4) is 0 Å². The van der Waals surface area contributed by atoms with Gasteiger partial charge < -0.3 is 5.11 Å². The summed E-state index contributed by atoms with van der Waals surface area (Å²) in [6, 6.07) is 14.0.